The maximum atomic E-state index is 12.4. The number of hydrogen-bond acceptors (Lipinski definition) is 3. The number of ether oxygens (including phenoxy) is 1. The molecule has 0 saturated carbocycles. The number of aromatic hydroxyl groups is 1. The summed E-state index contributed by atoms with van der Waals surface area (Å²) in [5.41, 5.74) is 2.53. The second-order valence-electron chi connectivity index (χ2n) is 6.81. The van der Waals surface area contributed by atoms with Crippen molar-refractivity contribution in [1.29, 1.82) is 0 Å². The molecule has 0 aliphatic heterocycles. The molecule has 0 unspecified atom stereocenters. The molecule has 158 valence electrons. The maximum absolute atomic E-state index is 12.4. The van der Waals surface area contributed by atoms with Crippen molar-refractivity contribution in [3.8, 4) is 22.6 Å². The number of benzene rings is 3. The van der Waals surface area contributed by atoms with Crippen molar-refractivity contribution in [1.82, 2.24) is 0 Å². The summed E-state index contributed by atoms with van der Waals surface area (Å²) in [7, 11) is 0. The van der Waals surface area contributed by atoms with E-state index in [1.807, 2.05) is 24.3 Å². The van der Waals surface area contributed by atoms with Crippen molar-refractivity contribution in [3.05, 3.63) is 77.3 Å². The van der Waals surface area contributed by atoms with Crippen molar-refractivity contribution >= 4 is 17.3 Å². The van der Waals surface area contributed by atoms with Crippen molar-refractivity contribution < 1.29 is 23.0 Å². The van der Waals surface area contributed by atoms with Crippen LogP contribution in [0.4, 0.5) is 18.9 Å². The van der Waals surface area contributed by atoms with Gasteiger partial charge in [0, 0.05) is 10.7 Å². The molecule has 0 amide bonds. The molecule has 3 nitrogen and oxygen atoms in total. The summed E-state index contributed by atoms with van der Waals surface area (Å²) in [4.78, 5) is 0. The van der Waals surface area contributed by atoms with Crippen LogP contribution in [0, 0.1) is 0 Å². The first kappa shape index (κ1) is 21.8. The van der Waals surface area contributed by atoms with Crippen molar-refractivity contribution in [2.45, 2.75) is 25.6 Å². The smallest absolute Gasteiger partial charge is 0.482 e. The van der Waals surface area contributed by atoms with Gasteiger partial charge in [0.2, 0.25) is 0 Å². The fourth-order valence-corrected chi connectivity index (χ4v) is 3.12. The minimum absolute atomic E-state index is 0.0114. The number of rotatable bonds is 8. The van der Waals surface area contributed by atoms with Crippen LogP contribution in [0.1, 0.15) is 18.4 Å². The van der Waals surface area contributed by atoms with E-state index in [1.165, 1.54) is 29.1 Å². The molecule has 0 atom stereocenters. The van der Waals surface area contributed by atoms with Gasteiger partial charge >= 0.3 is 6.30 Å². The Morgan fingerprint density at radius 3 is 2.17 bits per heavy atom. The molecule has 0 saturated heterocycles. The molecule has 3 rings (SSSR count). The Bertz CT molecular complexity index is 958. The van der Waals surface area contributed by atoms with E-state index in [9.17, 15) is 18.3 Å². The van der Waals surface area contributed by atoms with Crippen LogP contribution in [-0.4, -0.2) is 18.0 Å². The Balaban J connectivity index is 1.50. The van der Waals surface area contributed by atoms with Crippen LogP contribution in [0.5, 0.6) is 11.5 Å². The third-order valence-electron chi connectivity index (χ3n) is 4.49. The van der Waals surface area contributed by atoms with Gasteiger partial charge in [0.15, 0.2) is 11.5 Å². The molecule has 3 aromatic carbocycles. The number of halogens is 4. The Kier molecular flexibility index (Phi) is 7.11. The summed E-state index contributed by atoms with van der Waals surface area (Å²) in [6, 6.07) is 18.5. The monoisotopic (exact) mass is 435 g/mol. The van der Waals surface area contributed by atoms with Gasteiger partial charge in [-0.2, -0.15) is 13.2 Å². The molecule has 3 aromatic rings. The first-order valence-corrected chi connectivity index (χ1v) is 9.83. The summed E-state index contributed by atoms with van der Waals surface area (Å²) >= 11 is 5.87. The van der Waals surface area contributed by atoms with Crippen molar-refractivity contribution in [3.63, 3.8) is 0 Å². The summed E-state index contributed by atoms with van der Waals surface area (Å²) in [6.45, 7) is 0.471. The topological polar surface area (TPSA) is 41.5 Å². The van der Waals surface area contributed by atoms with Gasteiger partial charge in [0.25, 0.3) is 0 Å². The first-order chi connectivity index (χ1) is 14.3. The van der Waals surface area contributed by atoms with Gasteiger partial charge in [-0.05, 0) is 72.4 Å². The predicted octanol–water partition coefficient (Wildman–Crippen LogP) is 7.05. The summed E-state index contributed by atoms with van der Waals surface area (Å²) in [5, 5.41) is 12.4. The Hall–Kier alpha value is -2.86. The zero-order valence-electron chi connectivity index (χ0n) is 16.0. The van der Waals surface area contributed by atoms with Gasteiger partial charge in [0.05, 0.1) is 6.61 Å². The molecule has 30 heavy (non-hydrogen) atoms. The Morgan fingerprint density at radius 2 is 1.53 bits per heavy atom. The van der Waals surface area contributed by atoms with Crippen LogP contribution in [0.15, 0.2) is 66.7 Å². The standard InChI is InChI=1S/C23H21ClF3NO2/c24-19-9-4-16(5-10-19)3-1-2-14-30-22-13-8-18(15-21(22)29)17-6-11-20(12-7-17)28-23(25,26)27/h4-13,15,28-29H,1-3,14H2. The second-order valence-corrected chi connectivity index (χ2v) is 7.25. The third kappa shape index (κ3) is 6.59. The lowest BCUT2D eigenvalue weighted by atomic mass is 10.0. The normalized spacial score (nSPS) is 11.3. The van der Waals surface area contributed by atoms with E-state index < -0.39 is 6.30 Å². The van der Waals surface area contributed by atoms with Gasteiger partial charge in [-0.1, -0.05) is 41.9 Å². The first-order valence-electron chi connectivity index (χ1n) is 9.46. The molecule has 0 aromatic heterocycles. The number of aryl methyl sites for hydroxylation is 1. The zero-order chi connectivity index (χ0) is 21.6. The van der Waals surface area contributed by atoms with Crippen molar-refractivity contribution in [2.24, 2.45) is 0 Å². The third-order valence-corrected chi connectivity index (χ3v) is 4.75. The van der Waals surface area contributed by atoms with E-state index in [2.05, 4.69) is 0 Å². The average molecular weight is 436 g/mol. The Labute approximate surface area is 178 Å². The van der Waals surface area contributed by atoms with E-state index in [1.54, 1.807) is 24.3 Å². The lowest BCUT2D eigenvalue weighted by molar-refractivity contribution is -0.0999. The van der Waals surface area contributed by atoms with E-state index in [0.717, 1.165) is 24.3 Å². The van der Waals surface area contributed by atoms with Crippen LogP contribution in [-0.2, 0) is 6.42 Å². The van der Waals surface area contributed by atoms with Gasteiger partial charge in [-0.15, -0.1) is 0 Å². The van der Waals surface area contributed by atoms with E-state index >= 15 is 0 Å². The fraction of sp³-hybridized carbons (Fsp3) is 0.217. The van der Waals surface area contributed by atoms with Gasteiger partial charge < -0.3 is 9.84 Å². The van der Waals surface area contributed by atoms with Crippen LogP contribution < -0.4 is 10.1 Å². The fourth-order valence-electron chi connectivity index (χ4n) is 2.99. The second kappa shape index (κ2) is 9.76. The highest BCUT2D eigenvalue weighted by Gasteiger charge is 2.26. The summed E-state index contributed by atoms with van der Waals surface area (Å²) in [6.07, 6.45) is -1.78. The number of alkyl halides is 3. The lowest BCUT2D eigenvalue weighted by Crippen LogP contribution is -2.20. The van der Waals surface area contributed by atoms with Gasteiger partial charge in [0.1, 0.15) is 0 Å². The molecule has 0 aliphatic carbocycles. The van der Waals surface area contributed by atoms with Gasteiger partial charge in [-0.3, -0.25) is 5.32 Å². The Morgan fingerprint density at radius 1 is 0.867 bits per heavy atom. The molecule has 0 bridgehead atoms. The lowest BCUT2D eigenvalue weighted by Gasteiger charge is -2.12. The van der Waals surface area contributed by atoms with Crippen LogP contribution in [0.25, 0.3) is 11.1 Å². The number of hydrogen-bond donors (Lipinski definition) is 2. The molecular weight excluding hydrogens is 415 g/mol. The SMILES string of the molecule is Oc1cc(-c2ccc(NC(F)(F)F)cc2)ccc1OCCCCc1ccc(Cl)cc1. The van der Waals surface area contributed by atoms with E-state index in [4.69, 9.17) is 16.3 Å². The molecule has 0 aliphatic rings. The highest BCUT2D eigenvalue weighted by atomic mass is 35.5. The molecule has 0 radical (unpaired) electrons. The minimum atomic E-state index is -4.48. The molecule has 0 spiro atoms. The molecule has 0 fully saturated rings. The van der Waals surface area contributed by atoms with Crippen LogP contribution >= 0.6 is 11.6 Å². The minimum Gasteiger partial charge on any atom is -0.504 e. The van der Waals surface area contributed by atoms with Crippen LogP contribution in [0.3, 0.4) is 0 Å². The van der Waals surface area contributed by atoms with E-state index in [-0.39, 0.29) is 11.4 Å². The number of unbranched alkanes of at least 4 members (excludes halogenated alkanes) is 1. The largest absolute Gasteiger partial charge is 0.504 e. The molecule has 0 heterocycles. The molecule has 7 heteroatoms. The van der Waals surface area contributed by atoms with Crippen molar-refractivity contribution in [2.75, 3.05) is 11.9 Å². The number of phenolic OH excluding ortho intramolecular Hbond substituents is 1. The maximum Gasteiger partial charge on any atom is 0.482 e. The number of phenols is 1. The summed E-state index contributed by atoms with van der Waals surface area (Å²) in [5.74, 6) is 0.364. The zero-order valence-corrected chi connectivity index (χ0v) is 16.8. The molecular formula is C23H21ClF3NO2. The number of anilines is 1. The highest BCUT2D eigenvalue weighted by Crippen LogP contribution is 2.32. The predicted molar refractivity (Wildman–Crippen MR) is 113 cm³/mol. The van der Waals surface area contributed by atoms with Gasteiger partial charge in [-0.25, -0.2) is 0 Å². The summed E-state index contributed by atoms with van der Waals surface area (Å²) < 4.78 is 42.7. The highest BCUT2D eigenvalue weighted by molar-refractivity contribution is 6.30. The van der Waals surface area contributed by atoms with Crippen LogP contribution in [0.2, 0.25) is 5.02 Å². The average Bonchev–Trinajstić information content (AvgIpc) is 2.69. The van der Waals surface area contributed by atoms with E-state index in [0.29, 0.717) is 23.5 Å². The quantitative estimate of drug-likeness (QED) is 0.294. The molecule has 2 N–H and O–H groups in total. The number of nitrogens with one attached hydrogen (secondary N) is 1.